The van der Waals surface area contributed by atoms with Gasteiger partial charge in [-0.3, -0.25) is 4.79 Å². The van der Waals surface area contributed by atoms with Crippen molar-refractivity contribution in [1.29, 1.82) is 0 Å². The van der Waals surface area contributed by atoms with Crippen LogP contribution in [0.25, 0.3) is 0 Å². The molecule has 2 heterocycles. The fraction of sp³-hybridized carbons (Fsp3) is 0.667. The standard InChI is InChI=1S/C15H24N4O3/c1-11-10-13(22-3)18-15(17-11)19-7-4-12(5-8-19)14(20)16-6-9-21-2/h10,12H,4-9H2,1-3H3,(H,16,20). The summed E-state index contributed by atoms with van der Waals surface area (Å²) in [4.78, 5) is 23.0. The van der Waals surface area contributed by atoms with Crippen molar-refractivity contribution in [2.75, 3.05) is 45.4 Å². The molecule has 122 valence electrons. The lowest BCUT2D eigenvalue weighted by Crippen LogP contribution is -2.41. The fourth-order valence-electron chi connectivity index (χ4n) is 2.53. The molecule has 7 nitrogen and oxygen atoms in total. The van der Waals surface area contributed by atoms with Gasteiger partial charge in [-0.15, -0.1) is 0 Å². The van der Waals surface area contributed by atoms with E-state index in [1.165, 1.54) is 0 Å². The largest absolute Gasteiger partial charge is 0.481 e. The smallest absolute Gasteiger partial charge is 0.228 e. The molecule has 1 amide bonds. The SMILES string of the molecule is COCCNC(=O)C1CCN(c2nc(C)cc(OC)n2)CC1. The van der Waals surface area contributed by atoms with Crippen molar-refractivity contribution in [2.24, 2.45) is 5.92 Å². The summed E-state index contributed by atoms with van der Waals surface area (Å²) >= 11 is 0. The first-order chi connectivity index (χ1) is 10.6. The van der Waals surface area contributed by atoms with Crippen molar-refractivity contribution in [3.8, 4) is 5.88 Å². The number of ether oxygens (including phenoxy) is 2. The molecule has 1 aliphatic rings. The zero-order chi connectivity index (χ0) is 15.9. The Morgan fingerprint density at radius 3 is 2.73 bits per heavy atom. The van der Waals surface area contributed by atoms with E-state index in [4.69, 9.17) is 9.47 Å². The maximum atomic E-state index is 12.0. The summed E-state index contributed by atoms with van der Waals surface area (Å²) < 4.78 is 10.1. The van der Waals surface area contributed by atoms with Crippen LogP contribution < -0.4 is 15.0 Å². The highest BCUT2D eigenvalue weighted by Crippen LogP contribution is 2.22. The van der Waals surface area contributed by atoms with Gasteiger partial charge in [0.1, 0.15) is 0 Å². The van der Waals surface area contributed by atoms with Gasteiger partial charge >= 0.3 is 0 Å². The Hall–Kier alpha value is -1.89. The second kappa shape index (κ2) is 7.93. The lowest BCUT2D eigenvalue weighted by atomic mass is 9.96. The summed E-state index contributed by atoms with van der Waals surface area (Å²) in [5, 5.41) is 2.90. The van der Waals surface area contributed by atoms with Gasteiger partial charge in [0.2, 0.25) is 17.7 Å². The average molecular weight is 308 g/mol. The Labute approximate surface area is 131 Å². The van der Waals surface area contributed by atoms with Gasteiger partial charge < -0.3 is 19.7 Å². The van der Waals surface area contributed by atoms with Crippen LogP contribution in [0.2, 0.25) is 0 Å². The number of hydrogen-bond donors (Lipinski definition) is 1. The van der Waals surface area contributed by atoms with Crippen molar-refractivity contribution >= 4 is 11.9 Å². The van der Waals surface area contributed by atoms with Crippen molar-refractivity contribution in [2.45, 2.75) is 19.8 Å². The molecule has 0 aromatic carbocycles. The Kier molecular flexibility index (Phi) is 5.94. The maximum absolute atomic E-state index is 12.0. The summed E-state index contributed by atoms with van der Waals surface area (Å²) in [6, 6.07) is 1.81. The van der Waals surface area contributed by atoms with E-state index in [9.17, 15) is 4.79 Å². The normalized spacial score (nSPS) is 15.7. The van der Waals surface area contributed by atoms with Crippen LogP contribution >= 0.6 is 0 Å². The molecule has 0 aliphatic carbocycles. The van der Waals surface area contributed by atoms with Gasteiger partial charge in [0, 0.05) is 44.4 Å². The van der Waals surface area contributed by atoms with E-state index in [1.807, 2.05) is 6.92 Å². The number of anilines is 1. The van der Waals surface area contributed by atoms with Gasteiger partial charge in [0.15, 0.2) is 0 Å². The van der Waals surface area contributed by atoms with Crippen molar-refractivity contribution in [1.82, 2.24) is 15.3 Å². The summed E-state index contributed by atoms with van der Waals surface area (Å²) in [6.45, 7) is 4.57. The molecule has 1 aromatic rings. The highest BCUT2D eigenvalue weighted by atomic mass is 16.5. The molecular formula is C15H24N4O3. The number of aryl methyl sites for hydroxylation is 1. The minimum atomic E-state index is 0.0554. The molecule has 1 aromatic heterocycles. The summed E-state index contributed by atoms with van der Waals surface area (Å²) in [6.07, 6.45) is 1.61. The first-order valence-electron chi connectivity index (χ1n) is 7.55. The number of piperidine rings is 1. The molecule has 1 N–H and O–H groups in total. The molecule has 1 fully saturated rings. The number of hydrogen-bond acceptors (Lipinski definition) is 6. The zero-order valence-corrected chi connectivity index (χ0v) is 13.5. The minimum Gasteiger partial charge on any atom is -0.481 e. The van der Waals surface area contributed by atoms with Crippen molar-refractivity contribution in [3.63, 3.8) is 0 Å². The Morgan fingerprint density at radius 1 is 1.36 bits per heavy atom. The van der Waals surface area contributed by atoms with Crippen molar-refractivity contribution < 1.29 is 14.3 Å². The molecule has 0 saturated carbocycles. The van der Waals surface area contributed by atoms with Crippen molar-refractivity contribution in [3.05, 3.63) is 11.8 Å². The third-order valence-corrected chi connectivity index (χ3v) is 3.78. The monoisotopic (exact) mass is 308 g/mol. The average Bonchev–Trinajstić information content (AvgIpc) is 2.54. The second-order valence-corrected chi connectivity index (χ2v) is 5.40. The van der Waals surface area contributed by atoms with E-state index >= 15 is 0 Å². The highest BCUT2D eigenvalue weighted by molar-refractivity contribution is 5.78. The first kappa shape index (κ1) is 16.5. The summed E-state index contributed by atoms with van der Waals surface area (Å²) in [7, 11) is 3.23. The van der Waals surface area contributed by atoms with E-state index in [0.29, 0.717) is 25.0 Å². The first-order valence-corrected chi connectivity index (χ1v) is 7.55. The van der Waals surface area contributed by atoms with Crippen LogP contribution in [0.1, 0.15) is 18.5 Å². The van der Waals surface area contributed by atoms with Gasteiger partial charge in [0.25, 0.3) is 0 Å². The van der Waals surface area contributed by atoms with E-state index in [0.717, 1.165) is 31.6 Å². The maximum Gasteiger partial charge on any atom is 0.228 e. The van der Waals surface area contributed by atoms with Gasteiger partial charge in [-0.1, -0.05) is 0 Å². The Bertz CT molecular complexity index is 502. The van der Waals surface area contributed by atoms with Gasteiger partial charge in [-0.2, -0.15) is 4.98 Å². The summed E-state index contributed by atoms with van der Waals surface area (Å²) in [5.41, 5.74) is 0.876. The number of rotatable bonds is 6. The summed E-state index contributed by atoms with van der Waals surface area (Å²) in [5.74, 6) is 1.41. The number of amides is 1. The Balaban J connectivity index is 1.89. The molecule has 2 rings (SSSR count). The quantitative estimate of drug-likeness (QED) is 0.782. The molecule has 0 spiro atoms. The topological polar surface area (TPSA) is 76.6 Å². The molecule has 1 saturated heterocycles. The van der Waals surface area contributed by atoms with Gasteiger partial charge in [-0.25, -0.2) is 4.98 Å². The predicted molar refractivity (Wildman–Crippen MR) is 83.1 cm³/mol. The lowest BCUT2D eigenvalue weighted by molar-refractivity contribution is -0.125. The van der Waals surface area contributed by atoms with Crippen LogP contribution in [0.15, 0.2) is 6.07 Å². The number of nitrogens with zero attached hydrogens (tertiary/aromatic N) is 3. The number of carbonyl (C=O) groups is 1. The molecule has 0 radical (unpaired) electrons. The third kappa shape index (κ3) is 4.30. The van der Waals surface area contributed by atoms with Crippen LogP contribution in [0.4, 0.5) is 5.95 Å². The van der Waals surface area contributed by atoms with Crippen LogP contribution in [0, 0.1) is 12.8 Å². The van der Waals surface area contributed by atoms with Crippen LogP contribution in [-0.4, -0.2) is 56.3 Å². The van der Waals surface area contributed by atoms with E-state index in [1.54, 1.807) is 20.3 Å². The van der Waals surface area contributed by atoms with Gasteiger partial charge in [-0.05, 0) is 19.8 Å². The van der Waals surface area contributed by atoms with E-state index in [2.05, 4.69) is 20.2 Å². The molecule has 0 unspecified atom stereocenters. The second-order valence-electron chi connectivity index (χ2n) is 5.40. The predicted octanol–water partition coefficient (Wildman–Crippen LogP) is 0.773. The van der Waals surface area contributed by atoms with Crippen LogP contribution in [0.5, 0.6) is 5.88 Å². The third-order valence-electron chi connectivity index (χ3n) is 3.78. The fourth-order valence-corrected chi connectivity index (χ4v) is 2.53. The van der Waals surface area contributed by atoms with E-state index < -0.39 is 0 Å². The molecular weight excluding hydrogens is 284 g/mol. The van der Waals surface area contributed by atoms with E-state index in [-0.39, 0.29) is 11.8 Å². The number of methoxy groups -OCH3 is 2. The Morgan fingerprint density at radius 2 is 2.09 bits per heavy atom. The molecule has 1 aliphatic heterocycles. The number of carbonyl (C=O) groups excluding carboxylic acids is 1. The van der Waals surface area contributed by atoms with Crippen LogP contribution in [0.3, 0.4) is 0 Å². The minimum absolute atomic E-state index is 0.0554. The number of aromatic nitrogens is 2. The highest BCUT2D eigenvalue weighted by Gasteiger charge is 2.26. The number of nitrogens with one attached hydrogen (secondary N) is 1. The van der Waals surface area contributed by atoms with Crippen LogP contribution in [-0.2, 0) is 9.53 Å². The zero-order valence-electron chi connectivity index (χ0n) is 13.5. The molecule has 22 heavy (non-hydrogen) atoms. The molecule has 0 bridgehead atoms. The lowest BCUT2D eigenvalue weighted by Gasteiger charge is -2.31. The van der Waals surface area contributed by atoms with Gasteiger partial charge in [0.05, 0.1) is 13.7 Å². The molecule has 0 atom stereocenters. The molecule has 7 heteroatoms.